The van der Waals surface area contributed by atoms with Gasteiger partial charge in [0.15, 0.2) is 0 Å². The van der Waals surface area contributed by atoms with Gasteiger partial charge >= 0.3 is 0 Å². The molecule has 0 bridgehead atoms. The van der Waals surface area contributed by atoms with Crippen molar-refractivity contribution in [3.8, 4) is 5.69 Å². The van der Waals surface area contributed by atoms with Crippen molar-refractivity contribution in [1.82, 2.24) is 35.4 Å². The van der Waals surface area contributed by atoms with Crippen LogP contribution in [0.1, 0.15) is 46.0 Å². The minimum Gasteiger partial charge on any atom is -0.348 e. The summed E-state index contributed by atoms with van der Waals surface area (Å²) in [6.07, 6.45) is 3.94. The summed E-state index contributed by atoms with van der Waals surface area (Å²) in [6.45, 7) is 5.97. The van der Waals surface area contributed by atoms with E-state index >= 15 is 0 Å². The number of amides is 2. The van der Waals surface area contributed by atoms with Crippen molar-refractivity contribution in [2.45, 2.75) is 33.2 Å². The molecule has 0 unspecified atom stereocenters. The Kier molecular flexibility index (Phi) is 6.51. The number of benzene rings is 1. The zero-order valence-electron chi connectivity index (χ0n) is 17.5. The molecule has 0 spiro atoms. The molecule has 0 radical (unpaired) electrons. The average molecular weight is 407 g/mol. The second-order valence-corrected chi connectivity index (χ2v) is 7.15. The van der Waals surface area contributed by atoms with E-state index in [9.17, 15) is 9.59 Å². The summed E-state index contributed by atoms with van der Waals surface area (Å²) in [6, 6.07) is 8.58. The summed E-state index contributed by atoms with van der Waals surface area (Å²) in [4.78, 5) is 27.0. The van der Waals surface area contributed by atoms with Crippen LogP contribution in [0.25, 0.3) is 5.69 Å². The highest BCUT2D eigenvalue weighted by Crippen LogP contribution is 2.11. The zero-order chi connectivity index (χ0) is 21.7. The van der Waals surface area contributed by atoms with Crippen molar-refractivity contribution >= 4 is 11.8 Å². The molecule has 2 amide bonds. The molecule has 1 aromatic carbocycles. The van der Waals surface area contributed by atoms with E-state index in [4.69, 9.17) is 0 Å². The summed E-state index contributed by atoms with van der Waals surface area (Å²) in [5.74, 6) is -0.340. The maximum Gasteiger partial charge on any atom is 0.255 e. The van der Waals surface area contributed by atoms with Gasteiger partial charge in [0.05, 0.1) is 35.0 Å². The van der Waals surface area contributed by atoms with Crippen molar-refractivity contribution in [1.29, 1.82) is 0 Å². The third kappa shape index (κ3) is 4.86. The van der Waals surface area contributed by atoms with E-state index in [-0.39, 0.29) is 17.9 Å². The van der Waals surface area contributed by atoms with Gasteiger partial charge in [-0.2, -0.15) is 10.2 Å². The number of hydrogen-bond donors (Lipinski definition) is 1. The van der Waals surface area contributed by atoms with Crippen molar-refractivity contribution in [2.24, 2.45) is 0 Å². The van der Waals surface area contributed by atoms with Gasteiger partial charge in [0.2, 0.25) is 0 Å². The maximum atomic E-state index is 12.8. The van der Waals surface area contributed by atoms with Crippen molar-refractivity contribution < 1.29 is 9.59 Å². The Morgan fingerprint density at radius 3 is 2.57 bits per heavy atom. The van der Waals surface area contributed by atoms with Crippen molar-refractivity contribution in [2.75, 3.05) is 13.6 Å². The second-order valence-electron chi connectivity index (χ2n) is 7.15. The Bertz CT molecular complexity index is 1020. The summed E-state index contributed by atoms with van der Waals surface area (Å²) < 4.78 is 1.62. The largest absolute Gasteiger partial charge is 0.348 e. The minimum absolute atomic E-state index is 0.136. The minimum atomic E-state index is -0.234. The van der Waals surface area contributed by atoms with E-state index < -0.39 is 0 Å². The Hall–Kier alpha value is -3.62. The molecule has 30 heavy (non-hydrogen) atoms. The van der Waals surface area contributed by atoms with Gasteiger partial charge in [-0.15, -0.1) is 5.10 Å². The van der Waals surface area contributed by atoms with Gasteiger partial charge in [-0.1, -0.05) is 12.1 Å². The molecular weight excluding hydrogens is 382 g/mol. The quantitative estimate of drug-likeness (QED) is 0.640. The number of carbonyl (C=O) groups is 2. The highest BCUT2D eigenvalue weighted by molar-refractivity contribution is 5.96. The first-order valence-corrected chi connectivity index (χ1v) is 9.75. The normalized spacial score (nSPS) is 11.7. The lowest BCUT2D eigenvalue weighted by Gasteiger charge is -2.23. The fraction of sp³-hybridized carbons (Fsp3) is 0.333. The fourth-order valence-corrected chi connectivity index (χ4v) is 3.12. The molecule has 9 heteroatoms. The first-order chi connectivity index (χ1) is 14.4. The van der Waals surface area contributed by atoms with Crippen molar-refractivity contribution in [3.63, 3.8) is 0 Å². The number of aryl methyl sites for hydroxylation is 2. The van der Waals surface area contributed by atoms with E-state index in [1.54, 1.807) is 66.3 Å². The molecule has 0 saturated carbocycles. The number of carbonyl (C=O) groups excluding carboxylic acids is 2. The predicted octanol–water partition coefficient (Wildman–Crippen LogP) is 1.82. The number of nitrogens with one attached hydrogen (secondary N) is 1. The Morgan fingerprint density at radius 1 is 1.20 bits per heavy atom. The standard InChI is InChI=1S/C21H25N7O2/c1-5-19-18(12-14(2)24-25-19)21(30)27(4)13-15(3)23-20(29)16-6-8-17(9-7-16)28-11-10-22-26-28/h6-12,15H,5,13H2,1-4H3,(H,23,29)/t15-/m0/s1. The summed E-state index contributed by atoms with van der Waals surface area (Å²) in [5.41, 5.74) is 3.26. The molecule has 1 atom stereocenters. The van der Waals surface area contributed by atoms with Crippen molar-refractivity contribution in [3.05, 3.63) is 65.2 Å². The van der Waals surface area contributed by atoms with Gasteiger partial charge in [0.1, 0.15) is 0 Å². The molecule has 3 rings (SSSR count). The van der Waals surface area contributed by atoms with Crippen LogP contribution < -0.4 is 5.32 Å². The third-order valence-corrected chi connectivity index (χ3v) is 4.65. The Balaban J connectivity index is 1.60. The topological polar surface area (TPSA) is 106 Å². The zero-order valence-corrected chi connectivity index (χ0v) is 17.5. The van der Waals surface area contributed by atoms with Gasteiger partial charge < -0.3 is 10.2 Å². The number of hydrogen-bond acceptors (Lipinski definition) is 6. The van der Waals surface area contributed by atoms with Crippen LogP contribution in [0.3, 0.4) is 0 Å². The molecule has 0 aliphatic rings. The molecule has 1 N–H and O–H groups in total. The van der Waals surface area contributed by atoms with Gasteiger partial charge in [-0.3, -0.25) is 9.59 Å². The van der Waals surface area contributed by atoms with Crippen LogP contribution in [0.4, 0.5) is 0 Å². The van der Waals surface area contributed by atoms with Gasteiger partial charge in [-0.05, 0) is 50.6 Å². The van der Waals surface area contributed by atoms with Crippen LogP contribution in [-0.4, -0.2) is 61.5 Å². The third-order valence-electron chi connectivity index (χ3n) is 4.65. The van der Waals surface area contributed by atoms with Gasteiger partial charge in [0, 0.05) is 25.2 Å². The molecule has 2 heterocycles. The second kappa shape index (κ2) is 9.25. The van der Waals surface area contributed by atoms with E-state index in [2.05, 4.69) is 25.8 Å². The molecule has 0 fully saturated rings. The van der Waals surface area contributed by atoms with Crippen LogP contribution in [0.5, 0.6) is 0 Å². The monoisotopic (exact) mass is 407 g/mol. The highest BCUT2D eigenvalue weighted by atomic mass is 16.2. The van der Waals surface area contributed by atoms with Crippen LogP contribution >= 0.6 is 0 Å². The number of aromatic nitrogens is 5. The van der Waals surface area contributed by atoms with Gasteiger partial charge in [-0.25, -0.2) is 4.68 Å². The van der Waals surface area contributed by atoms with Crippen LogP contribution in [0.2, 0.25) is 0 Å². The highest BCUT2D eigenvalue weighted by Gasteiger charge is 2.20. The molecule has 0 aliphatic carbocycles. The lowest BCUT2D eigenvalue weighted by Crippen LogP contribution is -2.43. The molecule has 0 saturated heterocycles. The van der Waals surface area contributed by atoms with Crippen LogP contribution in [0.15, 0.2) is 42.7 Å². The molecule has 3 aromatic rings. The lowest BCUT2D eigenvalue weighted by molar-refractivity contribution is 0.0767. The average Bonchev–Trinajstić information content (AvgIpc) is 3.28. The molecular formula is C21H25N7O2. The Labute approximate surface area is 175 Å². The first kappa shape index (κ1) is 21.1. The Morgan fingerprint density at radius 2 is 1.93 bits per heavy atom. The smallest absolute Gasteiger partial charge is 0.255 e. The number of rotatable bonds is 7. The van der Waals surface area contributed by atoms with E-state index in [0.29, 0.717) is 35.5 Å². The van der Waals surface area contributed by atoms with Crippen LogP contribution in [-0.2, 0) is 6.42 Å². The molecule has 9 nitrogen and oxygen atoms in total. The van der Waals surface area contributed by atoms with E-state index in [1.807, 2.05) is 13.8 Å². The summed E-state index contributed by atoms with van der Waals surface area (Å²) >= 11 is 0. The SMILES string of the molecule is CCc1nnc(C)cc1C(=O)N(C)C[C@H](C)NC(=O)c1ccc(-n2ccnn2)cc1. The molecule has 156 valence electrons. The van der Waals surface area contributed by atoms with E-state index in [0.717, 1.165) is 5.69 Å². The maximum absolute atomic E-state index is 12.8. The predicted molar refractivity (Wildman–Crippen MR) is 111 cm³/mol. The number of likely N-dealkylation sites (N-methyl/N-ethyl adjacent to an activating group) is 1. The number of nitrogens with zero attached hydrogens (tertiary/aromatic N) is 6. The molecule has 2 aromatic heterocycles. The first-order valence-electron chi connectivity index (χ1n) is 9.75. The summed E-state index contributed by atoms with van der Waals surface area (Å²) in [7, 11) is 1.72. The van der Waals surface area contributed by atoms with Crippen LogP contribution in [0, 0.1) is 6.92 Å². The van der Waals surface area contributed by atoms with Gasteiger partial charge in [0.25, 0.3) is 11.8 Å². The van der Waals surface area contributed by atoms with E-state index in [1.165, 1.54) is 0 Å². The molecule has 0 aliphatic heterocycles. The summed E-state index contributed by atoms with van der Waals surface area (Å²) in [5, 5.41) is 18.8. The lowest BCUT2D eigenvalue weighted by atomic mass is 10.1. The fourth-order valence-electron chi connectivity index (χ4n) is 3.12.